The van der Waals surface area contributed by atoms with E-state index in [4.69, 9.17) is 11.5 Å². The van der Waals surface area contributed by atoms with Crippen molar-refractivity contribution in [3.05, 3.63) is 41.2 Å². The van der Waals surface area contributed by atoms with Gasteiger partial charge in [0.2, 0.25) is 0 Å². The van der Waals surface area contributed by atoms with Crippen LogP contribution in [0.1, 0.15) is 35.8 Å². The molecule has 0 bridgehead atoms. The quantitative estimate of drug-likeness (QED) is 0.661. The van der Waals surface area contributed by atoms with E-state index in [1.807, 2.05) is 6.92 Å². The molecule has 2 aromatic rings. The van der Waals surface area contributed by atoms with Crippen molar-refractivity contribution in [1.29, 1.82) is 0 Å². The van der Waals surface area contributed by atoms with Gasteiger partial charge in [0.05, 0.1) is 11.8 Å². The van der Waals surface area contributed by atoms with E-state index in [9.17, 15) is 4.39 Å². The number of nitrogens with two attached hydrogens (primary N) is 2. The van der Waals surface area contributed by atoms with E-state index in [1.165, 1.54) is 6.07 Å². The number of hydrogen-bond donors (Lipinski definition) is 2. The Bertz CT molecular complexity index is 723. The molecule has 3 rings (SSSR count). The molecule has 0 atom stereocenters. The van der Waals surface area contributed by atoms with Crippen molar-refractivity contribution in [2.24, 2.45) is 10.7 Å². The maximum Gasteiger partial charge on any atom is 0.158 e. The zero-order valence-corrected chi connectivity index (χ0v) is 11.5. The first-order valence-electron chi connectivity index (χ1n) is 6.64. The van der Waals surface area contributed by atoms with Gasteiger partial charge in [-0.05, 0) is 25.8 Å². The van der Waals surface area contributed by atoms with E-state index in [-0.39, 0.29) is 17.2 Å². The fourth-order valence-corrected chi connectivity index (χ4v) is 1.99. The Morgan fingerprint density at radius 1 is 1.33 bits per heavy atom. The summed E-state index contributed by atoms with van der Waals surface area (Å²) >= 11 is 0. The van der Waals surface area contributed by atoms with Crippen LogP contribution in [0.3, 0.4) is 0 Å². The monoisotopic (exact) mass is 286 g/mol. The molecule has 1 saturated carbocycles. The van der Waals surface area contributed by atoms with Crippen LogP contribution in [-0.4, -0.2) is 20.8 Å². The minimum Gasteiger partial charge on any atom is -0.383 e. The number of nitrogen functional groups attached to an aromatic ring is 1. The van der Waals surface area contributed by atoms with Crippen LogP contribution < -0.4 is 11.5 Å². The third-order valence-corrected chi connectivity index (χ3v) is 3.20. The van der Waals surface area contributed by atoms with E-state index >= 15 is 0 Å². The molecular weight excluding hydrogens is 271 g/mol. The summed E-state index contributed by atoms with van der Waals surface area (Å²) in [5.74, 6) is 1.35. The summed E-state index contributed by atoms with van der Waals surface area (Å²) in [6.07, 6.45) is 3.23. The first kappa shape index (κ1) is 13.4. The zero-order chi connectivity index (χ0) is 15.0. The molecule has 0 aromatic carbocycles. The Labute approximate surface area is 121 Å². The van der Waals surface area contributed by atoms with Crippen molar-refractivity contribution in [3.8, 4) is 0 Å². The number of anilines is 1. The molecule has 4 N–H and O–H groups in total. The fourth-order valence-electron chi connectivity index (χ4n) is 1.99. The Balaban J connectivity index is 1.98. The van der Waals surface area contributed by atoms with Gasteiger partial charge in [-0.15, -0.1) is 0 Å². The predicted molar refractivity (Wildman–Crippen MR) is 77.7 cm³/mol. The van der Waals surface area contributed by atoms with Gasteiger partial charge < -0.3 is 11.5 Å². The summed E-state index contributed by atoms with van der Waals surface area (Å²) in [6.45, 7) is 1.88. The van der Waals surface area contributed by atoms with Gasteiger partial charge in [0, 0.05) is 17.7 Å². The molecule has 1 aliphatic carbocycles. The zero-order valence-electron chi connectivity index (χ0n) is 11.5. The summed E-state index contributed by atoms with van der Waals surface area (Å²) in [5.41, 5.74) is 12.7. The third kappa shape index (κ3) is 2.96. The van der Waals surface area contributed by atoms with Crippen molar-refractivity contribution >= 4 is 17.5 Å². The highest BCUT2D eigenvalue weighted by molar-refractivity contribution is 6.02. The lowest BCUT2D eigenvalue weighted by Crippen LogP contribution is -2.16. The summed E-state index contributed by atoms with van der Waals surface area (Å²) in [5, 5.41) is 0. The first-order chi connectivity index (χ1) is 10.0. The van der Waals surface area contributed by atoms with Crippen LogP contribution in [0.25, 0.3) is 0 Å². The maximum absolute atomic E-state index is 13.2. The van der Waals surface area contributed by atoms with Crippen LogP contribution in [0.5, 0.6) is 0 Å². The molecule has 0 unspecified atom stereocenters. The largest absolute Gasteiger partial charge is 0.383 e. The van der Waals surface area contributed by atoms with Crippen molar-refractivity contribution in [2.75, 3.05) is 5.73 Å². The Kier molecular flexibility index (Phi) is 3.25. The lowest BCUT2D eigenvalue weighted by molar-refractivity contribution is 0.621. The van der Waals surface area contributed by atoms with Crippen LogP contribution in [0, 0.1) is 12.7 Å². The van der Waals surface area contributed by atoms with Crippen LogP contribution in [0.15, 0.2) is 23.3 Å². The van der Waals surface area contributed by atoms with Crippen molar-refractivity contribution in [2.45, 2.75) is 25.7 Å². The second-order valence-electron chi connectivity index (χ2n) is 5.08. The summed E-state index contributed by atoms with van der Waals surface area (Å²) < 4.78 is 13.2. The summed E-state index contributed by atoms with van der Waals surface area (Å²) in [6, 6.07) is 2.93. The maximum atomic E-state index is 13.2. The number of amidine groups is 1. The van der Waals surface area contributed by atoms with Gasteiger partial charge >= 0.3 is 0 Å². The number of aromatic nitrogens is 3. The smallest absolute Gasteiger partial charge is 0.158 e. The number of aliphatic imine (C=N–C) groups is 1. The number of halogens is 1. The highest BCUT2D eigenvalue weighted by Crippen LogP contribution is 2.38. The highest BCUT2D eigenvalue weighted by atomic mass is 19.1. The molecule has 0 aliphatic heterocycles. The molecule has 21 heavy (non-hydrogen) atoms. The standard InChI is InChI=1S/C14H15FN6/c1-7-4-11(21-14(19-7)8-2-3-8)20-13(17)10-5-9(15)6-18-12(10)16/h4-6,8H,2-3H2,1H3,(H2,16,18)(H2,17,19,20,21). The molecule has 2 heterocycles. The van der Waals surface area contributed by atoms with E-state index in [0.717, 1.165) is 30.6 Å². The SMILES string of the molecule is Cc1cc(N=C(N)c2cc(F)cnc2N)nc(C2CC2)n1. The van der Waals surface area contributed by atoms with Gasteiger partial charge in [0.25, 0.3) is 0 Å². The van der Waals surface area contributed by atoms with E-state index in [0.29, 0.717) is 11.7 Å². The number of aryl methyl sites for hydroxylation is 1. The Morgan fingerprint density at radius 3 is 2.81 bits per heavy atom. The number of rotatable bonds is 3. The van der Waals surface area contributed by atoms with Gasteiger partial charge in [-0.2, -0.15) is 0 Å². The average molecular weight is 286 g/mol. The number of pyridine rings is 1. The minimum absolute atomic E-state index is 0.0827. The number of hydrogen-bond acceptors (Lipinski definition) is 5. The number of nitrogens with zero attached hydrogens (tertiary/aromatic N) is 4. The molecule has 2 aromatic heterocycles. The Morgan fingerprint density at radius 2 is 2.10 bits per heavy atom. The topological polar surface area (TPSA) is 103 Å². The lowest BCUT2D eigenvalue weighted by atomic mass is 10.2. The first-order valence-corrected chi connectivity index (χ1v) is 6.64. The normalized spacial score (nSPS) is 15.2. The van der Waals surface area contributed by atoms with Gasteiger partial charge in [-0.25, -0.2) is 24.3 Å². The van der Waals surface area contributed by atoms with Gasteiger partial charge in [-0.3, -0.25) is 0 Å². The highest BCUT2D eigenvalue weighted by Gasteiger charge is 2.27. The van der Waals surface area contributed by atoms with Crippen LogP contribution in [0.4, 0.5) is 16.0 Å². The Hall–Kier alpha value is -2.57. The van der Waals surface area contributed by atoms with Crippen LogP contribution >= 0.6 is 0 Å². The molecule has 0 radical (unpaired) electrons. The molecule has 0 saturated heterocycles. The van der Waals surface area contributed by atoms with E-state index in [1.54, 1.807) is 6.07 Å². The van der Waals surface area contributed by atoms with Crippen molar-refractivity contribution in [3.63, 3.8) is 0 Å². The minimum atomic E-state index is -0.519. The molecule has 1 aliphatic rings. The van der Waals surface area contributed by atoms with Crippen molar-refractivity contribution in [1.82, 2.24) is 15.0 Å². The molecule has 1 fully saturated rings. The van der Waals surface area contributed by atoms with Gasteiger partial charge in [-0.1, -0.05) is 0 Å². The van der Waals surface area contributed by atoms with Gasteiger partial charge in [0.1, 0.15) is 23.3 Å². The van der Waals surface area contributed by atoms with Crippen LogP contribution in [0.2, 0.25) is 0 Å². The van der Waals surface area contributed by atoms with E-state index in [2.05, 4.69) is 19.9 Å². The third-order valence-electron chi connectivity index (χ3n) is 3.20. The molecule has 108 valence electrons. The molecule has 0 amide bonds. The summed E-state index contributed by atoms with van der Waals surface area (Å²) in [4.78, 5) is 16.7. The van der Waals surface area contributed by atoms with Crippen molar-refractivity contribution < 1.29 is 4.39 Å². The van der Waals surface area contributed by atoms with Gasteiger partial charge in [0.15, 0.2) is 5.82 Å². The predicted octanol–water partition coefficient (Wildman–Crippen LogP) is 1.82. The molecular formula is C14H15FN6. The average Bonchev–Trinajstić information content (AvgIpc) is 3.25. The molecule has 0 spiro atoms. The molecule has 7 heteroatoms. The second-order valence-corrected chi connectivity index (χ2v) is 5.08. The fraction of sp³-hybridized carbons (Fsp3) is 0.286. The van der Waals surface area contributed by atoms with Crippen LogP contribution in [-0.2, 0) is 0 Å². The lowest BCUT2D eigenvalue weighted by Gasteiger charge is -2.05. The second kappa shape index (κ2) is 5.08. The molecule has 6 nitrogen and oxygen atoms in total. The van der Waals surface area contributed by atoms with E-state index < -0.39 is 5.82 Å². The summed E-state index contributed by atoms with van der Waals surface area (Å²) in [7, 11) is 0.